The lowest BCUT2D eigenvalue weighted by atomic mass is 10.2. The molecule has 0 aliphatic rings. The van der Waals surface area contributed by atoms with Gasteiger partial charge in [0.1, 0.15) is 12.3 Å². The molecule has 1 aromatic rings. The fraction of sp³-hybridized carbons (Fsp3) is 0.308. The van der Waals surface area contributed by atoms with Gasteiger partial charge in [-0.1, -0.05) is 0 Å². The predicted octanol–water partition coefficient (Wildman–Crippen LogP) is 0.870. The molecule has 0 spiro atoms. The number of likely N-dealkylation sites (N-methyl/N-ethyl adjacent to an activating group) is 1. The van der Waals surface area contributed by atoms with Crippen molar-refractivity contribution in [3.63, 3.8) is 0 Å². The van der Waals surface area contributed by atoms with E-state index >= 15 is 0 Å². The summed E-state index contributed by atoms with van der Waals surface area (Å²) >= 11 is 0. The Morgan fingerprint density at radius 3 is 2.47 bits per heavy atom. The Morgan fingerprint density at radius 2 is 2.00 bits per heavy atom. The number of hydrogen-bond donors (Lipinski definition) is 1. The fourth-order valence-electron chi connectivity index (χ4n) is 1.40. The van der Waals surface area contributed by atoms with Gasteiger partial charge in [0.2, 0.25) is 0 Å². The Balaban J connectivity index is 2.52. The third-order valence-electron chi connectivity index (χ3n) is 2.41. The molecule has 0 aliphatic carbocycles. The van der Waals surface area contributed by atoms with Gasteiger partial charge >= 0.3 is 5.97 Å². The van der Waals surface area contributed by atoms with Crippen molar-refractivity contribution in [3.8, 4) is 11.8 Å². The summed E-state index contributed by atoms with van der Waals surface area (Å²) in [5, 5.41) is 17.3. The minimum absolute atomic E-state index is 0.229. The summed E-state index contributed by atoms with van der Waals surface area (Å²) in [6.45, 7) is 1.43. The second-order valence-corrected chi connectivity index (χ2v) is 3.73. The molecule has 19 heavy (non-hydrogen) atoms. The summed E-state index contributed by atoms with van der Waals surface area (Å²) in [4.78, 5) is 23.4. The molecule has 0 fully saturated rings. The first-order chi connectivity index (χ1) is 9.06. The van der Waals surface area contributed by atoms with Crippen LogP contribution >= 0.6 is 0 Å². The second kappa shape index (κ2) is 7.01. The van der Waals surface area contributed by atoms with E-state index in [1.165, 1.54) is 4.90 Å². The number of nitrogens with zero attached hydrogens (tertiary/aromatic N) is 2. The number of carboxylic acids is 1. The molecule has 1 aromatic carbocycles. The Hall–Kier alpha value is -2.55. The molecule has 100 valence electrons. The van der Waals surface area contributed by atoms with Crippen LogP contribution in [-0.2, 0) is 9.59 Å². The SMILES string of the molecule is CCN(CC(=O)O)C(=O)COc1ccc(C#N)cc1. The first-order valence-corrected chi connectivity index (χ1v) is 5.69. The molecule has 0 atom stereocenters. The Kier molecular flexibility index (Phi) is 5.35. The molecule has 1 amide bonds. The van der Waals surface area contributed by atoms with Gasteiger partial charge < -0.3 is 14.7 Å². The van der Waals surface area contributed by atoms with Crippen LogP contribution in [0, 0.1) is 11.3 Å². The topological polar surface area (TPSA) is 90.6 Å². The number of benzene rings is 1. The molecule has 1 rings (SSSR count). The van der Waals surface area contributed by atoms with Crippen molar-refractivity contribution in [1.29, 1.82) is 5.26 Å². The minimum atomic E-state index is -1.06. The zero-order valence-electron chi connectivity index (χ0n) is 10.5. The highest BCUT2D eigenvalue weighted by atomic mass is 16.5. The monoisotopic (exact) mass is 262 g/mol. The largest absolute Gasteiger partial charge is 0.484 e. The molecule has 0 aromatic heterocycles. The number of amides is 1. The molecule has 6 nitrogen and oxygen atoms in total. The average Bonchev–Trinajstić information content (AvgIpc) is 2.42. The number of carbonyl (C=O) groups excluding carboxylic acids is 1. The standard InChI is InChI=1S/C13H14N2O4/c1-2-15(8-13(17)18)12(16)9-19-11-5-3-10(7-14)4-6-11/h3-6H,2,8-9H2,1H3,(H,17,18). The molecule has 1 N–H and O–H groups in total. The van der Waals surface area contributed by atoms with E-state index in [1.54, 1.807) is 31.2 Å². The van der Waals surface area contributed by atoms with Crippen molar-refractivity contribution in [2.45, 2.75) is 6.92 Å². The van der Waals surface area contributed by atoms with E-state index in [0.717, 1.165) is 0 Å². The van der Waals surface area contributed by atoms with Crippen LogP contribution < -0.4 is 4.74 Å². The number of carbonyl (C=O) groups is 2. The van der Waals surface area contributed by atoms with Crippen molar-refractivity contribution in [1.82, 2.24) is 4.90 Å². The summed E-state index contributed by atoms with van der Waals surface area (Å²) in [5.41, 5.74) is 0.500. The van der Waals surface area contributed by atoms with E-state index in [1.807, 2.05) is 6.07 Å². The number of hydrogen-bond acceptors (Lipinski definition) is 4. The van der Waals surface area contributed by atoms with Crippen molar-refractivity contribution in [2.75, 3.05) is 19.7 Å². The van der Waals surface area contributed by atoms with Crippen molar-refractivity contribution < 1.29 is 19.4 Å². The van der Waals surface area contributed by atoms with Crippen LogP contribution in [0.5, 0.6) is 5.75 Å². The Labute approximate surface area is 110 Å². The molecule has 0 saturated heterocycles. The van der Waals surface area contributed by atoms with E-state index in [9.17, 15) is 9.59 Å². The van der Waals surface area contributed by atoms with Crippen LogP contribution in [0.3, 0.4) is 0 Å². The number of ether oxygens (including phenoxy) is 1. The average molecular weight is 262 g/mol. The van der Waals surface area contributed by atoms with Gasteiger partial charge in [-0.3, -0.25) is 9.59 Å². The molecule has 0 aliphatic heterocycles. The summed E-state index contributed by atoms with van der Waals surface area (Å²) in [6.07, 6.45) is 0. The maximum absolute atomic E-state index is 11.7. The zero-order chi connectivity index (χ0) is 14.3. The lowest BCUT2D eigenvalue weighted by molar-refractivity contribution is -0.145. The number of rotatable bonds is 6. The van der Waals surface area contributed by atoms with Crippen LogP contribution in [0.1, 0.15) is 12.5 Å². The number of carboxylic acid groups (broad SMARTS) is 1. The normalized spacial score (nSPS) is 9.47. The fourth-order valence-corrected chi connectivity index (χ4v) is 1.40. The third kappa shape index (κ3) is 4.68. The van der Waals surface area contributed by atoms with Gasteiger partial charge in [-0.15, -0.1) is 0 Å². The summed E-state index contributed by atoms with van der Waals surface area (Å²) in [5.74, 6) is -0.999. The van der Waals surface area contributed by atoms with Crippen molar-refractivity contribution in [3.05, 3.63) is 29.8 Å². The van der Waals surface area contributed by atoms with Crippen molar-refractivity contribution >= 4 is 11.9 Å². The molecular formula is C13H14N2O4. The Morgan fingerprint density at radius 1 is 1.37 bits per heavy atom. The van der Waals surface area contributed by atoms with Gasteiger partial charge in [-0.05, 0) is 31.2 Å². The molecule has 0 saturated carbocycles. The van der Waals surface area contributed by atoms with E-state index in [0.29, 0.717) is 17.9 Å². The molecule has 0 heterocycles. The van der Waals surface area contributed by atoms with E-state index < -0.39 is 11.9 Å². The molecule has 6 heteroatoms. The Bertz CT molecular complexity index is 490. The highest BCUT2D eigenvalue weighted by Gasteiger charge is 2.15. The van der Waals surface area contributed by atoms with Gasteiger partial charge in [-0.25, -0.2) is 0 Å². The predicted molar refractivity (Wildman–Crippen MR) is 66.5 cm³/mol. The van der Waals surface area contributed by atoms with Gasteiger partial charge in [0, 0.05) is 6.54 Å². The highest BCUT2D eigenvalue weighted by Crippen LogP contribution is 2.11. The maximum Gasteiger partial charge on any atom is 0.323 e. The van der Waals surface area contributed by atoms with Gasteiger partial charge in [0.25, 0.3) is 5.91 Å². The third-order valence-corrected chi connectivity index (χ3v) is 2.41. The minimum Gasteiger partial charge on any atom is -0.484 e. The van der Waals surface area contributed by atoms with Gasteiger partial charge in [0.15, 0.2) is 6.61 Å². The van der Waals surface area contributed by atoms with Crippen molar-refractivity contribution in [2.24, 2.45) is 0 Å². The highest BCUT2D eigenvalue weighted by molar-refractivity contribution is 5.82. The van der Waals surface area contributed by atoms with Crippen LogP contribution in [0.2, 0.25) is 0 Å². The summed E-state index contributed by atoms with van der Waals surface area (Å²) in [7, 11) is 0. The van der Waals surface area contributed by atoms with E-state index in [2.05, 4.69) is 0 Å². The number of nitriles is 1. The number of aliphatic carboxylic acids is 1. The summed E-state index contributed by atoms with van der Waals surface area (Å²) < 4.78 is 5.24. The molecule has 0 radical (unpaired) electrons. The molecule has 0 unspecified atom stereocenters. The summed E-state index contributed by atoms with van der Waals surface area (Å²) in [6, 6.07) is 8.29. The lowest BCUT2D eigenvalue weighted by Gasteiger charge is -2.18. The lowest BCUT2D eigenvalue weighted by Crippen LogP contribution is -2.38. The van der Waals surface area contributed by atoms with Crippen LogP contribution in [-0.4, -0.2) is 41.6 Å². The van der Waals surface area contributed by atoms with E-state index in [4.69, 9.17) is 15.1 Å². The quantitative estimate of drug-likeness (QED) is 0.821. The molecular weight excluding hydrogens is 248 g/mol. The van der Waals surface area contributed by atoms with E-state index in [-0.39, 0.29) is 13.2 Å². The van der Waals surface area contributed by atoms with Gasteiger partial charge in [-0.2, -0.15) is 5.26 Å². The van der Waals surface area contributed by atoms with Gasteiger partial charge in [0.05, 0.1) is 11.6 Å². The first kappa shape index (κ1) is 14.5. The van der Waals surface area contributed by atoms with Crippen LogP contribution in [0.25, 0.3) is 0 Å². The smallest absolute Gasteiger partial charge is 0.323 e. The zero-order valence-corrected chi connectivity index (χ0v) is 10.5. The van der Waals surface area contributed by atoms with Crippen LogP contribution in [0.4, 0.5) is 0 Å². The molecule has 0 bridgehead atoms. The maximum atomic E-state index is 11.7. The first-order valence-electron chi connectivity index (χ1n) is 5.69. The second-order valence-electron chi connectivity index (χ2n) is 3.73. The van der Waals surface area contributed by atoms with Crippen LogP contribution in [0.15, 0.2) is 24.3 Å².